The Bertz CT molecular complexity index is 439. The number of rotatable bonds is 3. The Balaban J connectivity index is 2.02. The lowest BCUT2D eigenvalue weighted by atomic mass is 10.1. The minimum atomic E-state index is 0.00630. The lowest BCUT2D eigenvalue weighted by molar-refractivity contribution is 0.0783. The van der Waals surface area contributed by atoms with Gasteiger partial charge in [0, 0.05) is 25.2 Å². The third-order valence-corrected chi connectivity index (χ3v) is 3.45. The van der Waals surface area contributed by atoms with Gasteiger partial charge in [-0.25, -0.2) is 0 Å². The zero-order valence-electron chi connectivity index (χ0n) is 10.9. The molecule has 0 radical (unpaired) electrons. The number of aromatic hydroxyl groups is 1. The molecule has 1 aliphatic heterocycles. The molecule has 0 bridgehead atoms. The fourth-order valence-corrected chi connectivity index (χ4v) is 2.33. The van der Waals surface area contributed by atoms with E-state index in [2.05, 4.69) is 5.32 Å². The van der Waals surface area contributed by atoms with Crippen LogP contribution < -0.4 is 5.32 Å². The minimum Gasteiger partial charge on any atom is -0.508 e. The number of carbonyl (C=O) groups is 1. The molecule has 0 aliphatic carbocycles. The molecule has 18 heavy (non-hydrogen) atoms. The van der Waals surface area contributed by atoms with Gasteiger partial charge >= 0.3 is 0 Å². The molecule has 98 valence electrons. The van der Waals surface area contributed by atoms with E-state index in [1.54, 1.807) is 30.0 Å². The fraction of sp³-hybridized carbons (Fsp3) is 0.500. The molecule has 2 N–H and O–H groups in total. The topological polar surface area (TPSA) is 52.6 Å². The molecule has 4 nitrogen and oxygen atoms in total. The van der Waals surface area contributed by atoms with E-state index in [0.717, 1.165) is 25.1 Å². The number of phenolic OH excluding ortho intramolecular Hbond substituents is 1. The predicted octanol–water partition coefficient (Wildman–Crippen LogP) is 1.52. The molecule has 1 atom stereocenters. The van der Waals surface area contributed by atoms with Crippen LogP contribution in [0.2, 0.25) is 0 Å². The van der Waals surface area contributed by atoms with Crippen molar-refractivity contribution in [1.82, 2.24) is 10.2 Å². The standard InChI is InChI=1S/C14H20N2O2/c1-10-8-11(5-6-13(10)17)14(18)16(2)9-12-4-3-7-15-12/h5-6,8,12,15,17H,3-4,7,9H2,1-2H3. The number of nitrogens with zero attached hydrogens (tertiary/aromatic N) is 1. The van der Waals surface area contributed by atoms with Gasteiger partial charge < -0.3 is 15.3 Å². The number of hydrogen-bond donors (Lipinski definition) is 2. The van der Waals surface area contributed by atoms with Crippen LogP contribution in [0.5, 0.6) is 5.75 Å². The normalized spacial score (nSPS) is 18.9. The molecule has 1 saturated heterocycles. The fourth-order valence-electron chi connectivity index (χ4n) is 2.33. The van der Waals surface area contributed by atoms with Gasteiger partial charge in [-0.05, 0) is 50.1 Å². The number of benzene rings is 1. The molecule has 1 aromatic carbocycles. The van der Waals surface area contributed by atoms with E-state index in [0.29, 0.717) is 11.6 Å². The van der Waals surface area contributed by atoms with Crippen molar-refractivity contribution in [2.45, 2.75) is 25.8 Å². The molecule has 0 aromatic heterocycles. The summed E-state index contributed by atoms with van der Waals surface area (Å²) < 4.78 is 0. The number of phenols is 1. The van der Waals surface area contributed by atoms with E-state index in [9.17, 15) is 9.90 Å². The first-order chi connectivity index (χ1) is 8.58. The van der Waals surface area contributed by atoms with Crippen LogP contribution in [0.25, 0.3) is 0 Å². The third-order valence-electron chi connectivity index (χ3n) is 3.45. The minimum absolute atomic E-state index is 0.00630. The van der Waals surface area contributed by atoms with Crippen LogP contribution in [0.15, 0.2) is 18.2 Å². The Labute approximate surface area is 108 Å². The van der Waals surface area contributed by atoms with Crippen LogP contribution in [0.4, 0.5) is 0 Å². The van der Waals surface area contributed by atoms with Crippen molar-refractivity contribution in [3.05, 3.63) is 29.3 Å². The molecule has 1 aromatic rings. The van der Waals surface area contributed by atoms with Crippen molar-refractivity contribution < 1.29 is 9.90 Å². The van der Waals surface area contributed by atoms with Crippen molar-refractivity contribution in [2.24, 2.45) is 0 Å². The molecule has 1 fully saturated rings. The monoisotopic (exact) mass is 248 g/mol. The van der Waals surface area contributed by atoms with Gasteiger partial charge in [-0.1, -0.05) is 0 Å². The molecule has 4 heteroatoms. The lowest BCUT2D eigenvalue weighted by Crippen LogP contribution is -2.38. The summed E-state index contributed by atoms with van der Waals surface area (Å²) in [6.45, 7) is 3.58. The zero-order valence-corrected chi connectivity index (χ0v) is 10.9. The molecule has 0 spiro atoms. The van der Waals surface area contributed by atoms with Crippen LogP contribution in [0, 0.1) is 6.92 Å². The van der Waals surface area contributed by atoms with E-state index in [1.165, 1.54) is 6.42 Å². The van der Waals surface area contributed by atoms with E-state index in [1.807, 2.05) is 7.05 Å². The van der Waals surface area contributed by atoms with Crippen molar-refractivity contribution in [3.8, 4) is 5.75 Å². The van der Waals surface area contributed by atoms with Crippen molar-refractivity contribution >= 4 is 5.91 Å². The Hall–Kier alpha value is -1.55. The molecule has 2 rings (SSSR count). The Morgan fingerprint density at radius 2 is 2.33 bits per heavy atom. The SMILES string of the molecule is Cc1cc(C(=O)N(C)CC2CCCN2)ccc1O. The molecule has 1 unspecified atom stereocenters. The lowest BCUT2D eigenvalue weighted by Gasteiger charge is -2.21. The van der Waals surface area contributed by atoms with Crippen LogP contribution in [0.3, 0.4) is 0 Å². The number of aryl methyl sites for hydroxylation is 1. The second-order valence-corrected chi connectivity index (χ2v) is 4.98. The summed E-state index contributed by atoms with van der Waals surface area (Å²) in [4.78, 5) is 14.0. The first-order valence-corrected chi connectivity index (χ1v) is 6.36. The van der Waals surface area contributed by atoms with Gasteiger partial charge in [0.25, 0.3) is 5.91 Å². The summed E-state index contributed by atoms with van der Waals surface area (Å²) >= 11 is 0. The largest absolute Gasteiger partial charge is 0.508 e. The maximum absolute atomic E-state index is 12.2. The average Bonchev–Trinajstić information content (AvgIpc) is 2.84. The predicted molar refractivity (Wildman–Crippen MR) is 70.8 cm³/mol. The molecule has 1 heterocycles. The van der Waals surface area contributed by atoms with Crippen molar-refractivity contribution in [3.63, 3.8) is 0 Å². The number of carbonyl (C=O) groups excluding carboxylic acids is 1. The van der Waals surface area contributed by atoms with Gasteiger partial charge in [-0.15, -0.1) is 0 Å². The highest BCUT2D eigenvalue weighted by Gasteiger charge is 2.19. The summed E-state index contributed by atoms with van der Waals surface area (Å²) in [6.07, 6.45) is 2.32. The highest BCUT2D eigenvalue weighted by Crippen LogP contribution is 2.18. The summed E-state index contributed by atoms with van der Waals surface area (Å²) in [6, 6.07) is 5.39. The van der Waals surface area contributed by atoms with E-state index < -0.39 is 0 Å². The van der Waals surface area contributed by atoms with Gasteiger partial charge in [-0.2, -0.15) is 0 Å². The van der Waals surface area contributed by atoms with Crippen molar-refractivity contribution in [2.75, 3.05) is 20.1 Å². The van der Waals surface area contributed by atoms with Crippen LogP contribution in [-0.2, 0) is 0 Å². The van der Waals surface area contributed by atoms with E-state index in [-0.39, 0.29) is 11.7 Å². The molecule has 1 aliphatic rings. The van der Waals surface area contributed by atoms with Crippen LogP contribution in [-0.4, -0.2) is 42.1 Å². The first kappa shape index (κ1) is 12.9. The quantitative estimate of drug-likeness (QED) is 0.853. The van der Waals surface area contributed by atoms with Crippen LogP contribution in [0.1, 0.15) is 28.8 Å². The zero-order chi connectivity index (χ0) is 13.1. The Morgan fingerprint density at radius 3 is 2.94 bits per heavy atom. The molecule has 0 saturated carbocycles. The Kier molecular flexibility index (Phi) is 3.87. The maximum Gasteiger partial charge on any atom is 0.253 e. The first-order valence-electron chi connectivity index (χ1n) is 6.36. The summed E-state index contributed by atoms with van der Waals surface area (Å²) in [7, 11) is 1.82. The van der Waals surface area contributed by atoms with Crippen LogP contribution >= 0.6 is 0 Å². The second-order valence-electron chi connectivity index (χ2n) is 4.98. The van der Waals surface area contributed by atoms with E-state index >= 15 is 0 Å². The summed E-state index contributed by atoms with van der Waals surface area (Å²) in [5.41, 5.74) is 1.36. The second kappa shape index (κ2) is 5.40. The number of likely N-dealkylation sites (N-methyl/N-ethyl adjacent to an activating group) is 1. The molecule has 1 amide bonds. The smallest absolute Gasteiger partial charge is 0.253 e. The highest BCUT2D eigenvalue weighted by atomic mass is 16.3. The number of nitrogens with one attached hydrogen (secondary N) is 1. The van der Waals surface area contributed by atoms with Crippen molar-refractivity contribution in [1.29, 1.82) is 0 Å². The maximum atomic E-state index is 12.2. The van der Waals surface area contributed by atoms with E-state index in [4.69, 9.17) is 0 Å². The van der Waals surface area contributed by atoms with Gasteiger partial charge in [0.2, 0.25) is 0 Å². The highest BCUT2D eigenvalue weighted by molar-refractivity contribution is 5.94. The molecular weight excluding hydrogens is 228 g/mol. The van der Waals surface area contributed by atoms with Gasteiger partial charge in [-0.3, -0.25) is 4.79 Å². The third kappa shape index (κ3) is 2.82. The van der Waals surface area contributed by atoms with Gasteiger partial charge in [0.05, 0.1) is 0 Å². The van der Waals surface area contributed by atoms with Gasteiger partial charge in [0.15, 0.2) is 0 Å². The summed E-state index contributed by atoms with van der Waals surface area (Å²) in [5.74, 6) is 0.235. The Morgan fingerprint density at radius 1 is 1.56 bits per heavy atom. The number of amides is 1. The number of hydrogen-bond acceptors (Lipinski definition) is 3. The average molecular weight is 248 g/mol. The molecular formula is C14H20N2O2. The van der Waals surface area contributed by atoms with Gasteiger partial charge in [0.1, 0.15) is 5.75 Å². The summed E-state index contributed by atoms with van der Waals surface area (Å²) in [5, 5.41) is 12.8.